The SMILES string of the molecule is COc1cc(C)c(C[NH+](C)[C@H](C)C(=O)Nc2cccc(C(C)=O)c2)cc1OC. The first-order valence-electron chi connectivity index (χ1n) is 9.22. The molecule has 2 atom stereocenters. The van der Waals surface area contributed by atoms with Crippen molar-refractivity contribution in [1.82, 2.24) is 0 Å². The first kappa shape index (κ1) is 21.4. The van der Waals surface area contributed by atoms with Gasteiger partial charge in [-0.2, -0.15) is 0 Å². The molecule has 6 heteroatoms. The number of hydrogen-bond donors (Lipinski definition) is 2. The van der Waals surface area contributed by atoms with E-state index < -0.39 is 0 Å². The Bertz CT molecular complexity index is 864. The summed E-state index contributed by atoms with van der Waals surface area (Å²) in [5.41, 5.74) is 3.37. The van der Waals surface area contributed by atoms with Crippen LogP contribution in [-0.2, 0) is 11.3 Å². The minimum atomic E-state index is -0.284. The van der Waals surface area contributed by atoms with Gasteiger partial charge in [-0.15, -0.1) is 0 Å². The van der Waals surface area contributed by atoms with Gasteiger partial charge in [-0.1, -0.05) is 12.1 Å². The summed E-state index contributed by atoms with van der Waals surface area (Å²) in [6.07, 6.45) is 0. The van der Waals surface area contributed by atoms with Crippen LogP contribution >= 0.6 is 0 Å². The molecule has 6 nitrogen and oxygen atoms in total. The van der Waals surface area contributed by atoms with Crippen LogP contribution < -0.4 is 19.7 Å². The van der Waals surface area contributed by atoms with Crippen LogP contribution in [0.4, 0.5) is 5.69 Å². The molecular weight excluding hydrogens is 356 g/mol. The van der Waals surface area contributed by atoms with Crippen molar-refractivity contribution in [3.05, 3.63) is 53.1 Å². The van der Waals surface area contributed by atoms with Gasteiger partial charge in [0.05, 0.1) is 21.3 Å². The lowest BCUT2D eigenvalue weighted by Gasteiger charge is -2.22. The highest BCUT2D eigenvalue weighted by Crippen LogP contribution is 2.29. The minimum absolute atomic E-state index is 0.0316. The molecule has 1 amide bonds. The maximum atomic E-state index is 12.7. The van der Waals surface area contributed by atoms with E-state index in [-0.39, 0.29) is 17.7 Å². The van der Waals surface area contributed by atoms with E-state index in [1.807, 2.05) is 33.0 Å². The van der Waals surface area contributed by atoms with Gasteiger partial charge in [0, 0.05) is 16.8 Å². The Morgan fingerprint density at radius 2 is 1.75 bits per heavy atom. The predicted molar refractivity (Wildman–Crippen MR) is 109 cm³/mol. The third kappa shape index (κ3) is 5.10. The number of carbonyl (C=O) groups excluding carboxylic acids is 2. The number of anilines is 1. The smallest absolute Gasteiger partial charge is 0.282 e. The molecule has 0 heterocycles. The number of ether oxygens (including phenoxy) is 2. The molecule has 0 aliphatic rings. The summed E-state index contributed by atoms with van der Waals surface area (Å²) in [6, 6.07) is 10.6. The van der Waals surface area contributed by atoms with E-state index in [1.54, 1.807) is 38.5 Å². The summed E-state index contributed by atoms with van der Waals surface area (Å²) in [5, 5.41) is 2.90. The first-order valence-corrected chi connectivity index (χ1v) is 9.22. The lowest BCUT2D eigenvalue weighted by atomic mass is 10.1. The van der Waals surface area contributed by atoms with Crippen molar-refractivity contribution in [3.8, 4) is 11.5 Å². The molecule has 0 aliphatic heterocycles. The number of aryl methyl sites for hydroxylation is 1. The van der Waals surface area contributed by atoms with Crippen LogP contribution in [0.1, 0.15) is 35.3 Å². The number of nitrogens with one attached hydrogen (secondary N) is 2. The third-order valence-electron chi connectivity index (χ3n) is 4.98. The van der Waals surface area contributed by atoms with Crippen molar-refractivity contribution < 1.29 is 24.0 Å². The lowest BCUT2D eigenvalue weighted by molar-refractivity contribution is -0.907. The number of hydrogen-bond acceptors (Lipinski definition) is 4. The van der Waals surface area contributed by atoms with Crippen LogP contribution in [-0.4, -0.2) is 39.0 Å². The molecule has 2 rings (SSSR count). The number of methoxy groups -OCH3 is 2. The topological polar surface area (TPSA) is 69.1 Å². The van der Waals surface area contributed by atoms with Crippen molar-refractivity contribution in [2.45, 2.75) is 33.4 Å². The molecule has 2 aromatic rings. The van der Waals surface area contributed by atoms with Gasteiger partial charge in [-0.25, -0.2) is 0 Å². The average Bonchev–Trinajstić information content (AvgIpc) is 2.68. The Labute approximate surface area is 166 Å². The fraction of sp³-hybridized carbons (Fsp3) is 0.364. The van der Waals surface area contributed by atoms with E-state index >= 15 is 0 Å². The molecule has 0 aliphatic carbocycles. The van der Waals surface area contributed by atoms with E-state index in [0.29, 0.717) is 29.3 Å². The fourth-order valence-electron chi connectivity index (χ4n) is 2.96. The van der Waals surface area contributed by atoms with Crippen molar-refractivity contribution in [2.24, 2.45) is 0 Å². The highest BCUT2D eigenvalue weighted by atomic mass is 16.5. The number of likely N-dealkylation sites (N-methyl/N-ethyl adjacent to an activating group) is 1. The Morgan fingerprint density at radius 1 is 1.11 bits per heavy atom. The summed E-state index contributed by atoms with van der Waals surface area (Å²) in [6.45, 7) is 6.07. The highest BCUT2D eigenvalue weighted by Gasteiger charge is 2.23. The molecule has 150 valence electrons. The molecule has 0 saturated carbocycles. The normalized spacial score (nSPS) is 12.8. The zero-order valence-electron chi connectivity index (χ0n) is 17.4. The molecule has 0 saturated heterocycles. The summed E-state index contributed by atoms with van der Waals surface area (Å²) in [4.78, 5) is 25.2. The second kappa shape index (κ2) is 9.37. The summed E-state index contributed by atoms with van der Waals surface area (Å²) >= 11 is 0. The second-order valence-electron chi connectivity index (χ2n) is 7.00. The van der Waals surface area contributed by atoms with E-state index in [4.69, 9.17) is 9.47 Å². The van der Waals surface area contributed by atoms with Gasteiger partial charge in [0.25, 0.3) is 5.91 Å². The van der Waals surface area contributed by atoms with Crippen LogP contribution in [0.25, 0.3) is 0 Å². The number of benzene rings is 2. The molecule has 0 radical (unpaired) electrons. The molecular formula is C22H29N2O4+. The van der Waals surface area contributed by atoms with Gasteiger partial charge in [-0.3, -0.25) is 9.59 Å². The van der Waals surface area contributed by atoms with Crippen LogP contribution in [0.5, 0.6) is 11.5 Å². The Kier molecular flexibility index (Phi) is 7.18. The summed E-state index contributed by atoms with van der Waals surface area (Å²) in [5.74, 6) is 1.23. The van der Waals surface area contributed by atoms with Gasteiger partial charge in [0.2, 0.25) is 0 Å². The highest BCUT2D eigenvalue weighted by molar-refractivity contribution is 5.97. The maximum absolute atomic E-state index is 12.7. The number of amides is 1. The minimum Gasteiger partial charge on any atom is -0.493 e. The number of carbonyl (C=O) groups is 2. The predicted octanol–water partition coefficient (Wildman–Crippen LogP) is 2.26. The number of Topliss-reactive ketones (excluding diaryl/α,β-unsaturated/α-hetero) is 1. The first-order chi connectivity index (χ1) is 13.3. The van der Waals surface area contributed by atoms with Gasteiger partial charge < -0.3 is 19.7 Å². The van der Waals surface area contributed by atoms with Crippen molar-refractivity contribution in [2.75, 3.05) is 26.6 Å². The van der Waals surface area contributed by atoms with Crippen LogP contribution in [0, 0.1) is 6.92 Å². The van der Waals surface area contributed by atoms with Crippen LogP contribution in [0.15, 0.2) is 36.4 Å². The molecule has 2 aromatic carbocycles. The van der Waals surface area contributed by atoms with Gasteiger partial charge in [0.1, 0.15) is 6.54 Å². The van der Waals surface area contributed by atoms with E-state index in [2.05, 4.69) is 5.32 Å². The quantitative estimate of drug-likeness (QED) is 0.684. The van der Waals surface area contributed by atoms with Crippen LogP contribution in [0.3, 0.4) is 0 Å². The van der Waals surface area contributed by atoms with Crippen LogP contribution in [0.2, 0.25) is 0 Å². The number of ketones is 1. The van der Waals surface area contributed by atoms with Crippen molar-refractivity contribution in [3.63, 3.8) is 0 Å². The molecule has 0 spiro atoms. The van der Waals surface area contributed by atoms with Gasteiger partial charge in [-0.05, 0) is 50.6 Å². The second-order valence-corrected chi connectivity index (χ2v) is 7.00. The Balaban J connectivity index is 2.10. The molecule has 28 heavy (non-hydrogen) atoms. The molecule has 2 N–H and O–H groups in total. The molecule has 0 bridgehead atoms. The monoisotopic (exact) mass is 385 g/mol. The van der Waals surface area contributed by atoms with Crippen molar-refractivity contribution in [1.29, 1.82) is 0 Å². The molecule has 1 unspecified atom stereocenters. The molecule has 0 aromatic heterocycles. The Hall–Kier alpha value is -2.86. The number of rotatable bonds is 8. The van der Waals surface area contributed by atoms with E-state index in [9.17, 15) is 9.59 Å². The third-order valence-corrected chi connectivity index (χ3v) is 4.98. The molecule has 0 fully saturated rings. The van der Waals surface area contributed by atoms with Crippen molar-refractivity contribution >= 4 is 17.4 Å². The number of quaternary nitrogens is 1. The zero-order valence-corrected chi connectivity index (χ0v) is 17.4. The standard InChI is InChI=1S/C22H28N2O4/c1-14-10-20(27-5)21(28-6)12-18(14)13-24(4)15(2)22(26)23-19-9-7-8-17(11-19)16(3)25/h7-12,15H,13H2,1-6H3,(H,23,26)/p+1/t15-/m1/s1. The zero-order chi connectivity index (χ0) is 20.8. The summed E-state index contributed by atoms with van der Waals surface area (Å²) < 4.78 is 10.7. The lowest BCUT2D eigenvalue weighted by Crippen LogP contribution is -3.12. The van der Waals surface area contributed by atoms with E-state index in [1.165, 1.54) is 6.92 Å². The maximum Gasteiger partial charge on any atom is 0.282 e. The average molecular weight is 385 g/mol. The van der Waals surface area contributed by atoms with Gasteiger partial charge >= 0.3 is 0 Å². The Morgan fingerprint density at radius 3 is 2.36 bits per heavy atom. The largest absolute Gasteiger partial charge is 0.493 e. The summed E-state index contributed by atoms with van der Waals surface area (Å²) in [7, 11) is 5.20. The fourth-order valence-corrected chi connectivity index (χ4v) is 2.96. The van der Waals surface area contributed by atoms with Gasteiger partial charge in [0.15, 0.2) is 23.3 Å². The van der Waals surface area contributed by atoms with E-state index in [0.717, 1.165) is 16.0 Å².